The van der Waals surface area contributed by atoms with Crippen LogP contribution in [0.4, 0.5) is 26.3 Å². The molecule has 0 aliphatic rings. The van der Waals surface area contributed by atoms with Crippen molar-refractivity contribution in [1.82, 2.24) is 4.98 Å². The molecule has 1 rings (SSSR count). The lowest BCUT2D eigenvalue weighted by Gasteiger charge is -2.16. The number of ether oxygens (including phenoxy) is 2. The van der Waals surface area contributed by atoms with Gasteiger partial charge in [-0.3, -0.25) is 0 Å². The number of aromatic nitrogens is 1. The van der Waals surface area contributed by atoms with Crippen LogP contribution >= 0.6 is 22.6 Å². The normalized spacial score (nSPS) is 12.4. The summed E-state index contributed by atoms with van der Waals surface area (Å²) < 4.78 is 81.1. The van der Waals surface area contributed by atoms with Crippen molar-refractivity contribution in [3.63, 3.8) is 0 Å². The summed E-state index contributed by atoms with van der Waals surface area (Å²) in [4.78, 5) is 3.01. The molecule has 0 saturated heterocycles. The fourth-order valence-corrected chi connectivity index (χ4v) is 1.62. The Balaban J connectivity index is 3.35. The maximum absolute atomic E-state index is 12.5. The first-order valence-electron chi connectivity index (χ1n) is 4.12. The second-order valence-electron chi connectivity index (χ2n) is 2.87. The van der Waals surface area contributed by atoms with Gasteiger partial charge in [0.15, 0.2) is 17.2 Å². The lowest BCUT2D eigenvalue weighted by atomic mass is 10.3. The Morgan fingerprint density at radius 3 is 2.06 bits per heavy atom. The van der Waals surface area contributed by atoms with E-state index in [9.17, 15) is 26.3 Å². The zero-order valence-electron chi connectivity index (χ0n) is 8.49. The molecule has 1 heterocycles. The van der Waals surface area contributed by atoms with Gasteiger partial charge in [0.25, 0.3) is 0 Å². The standard InChI is InChI=1S/C8H4F6INO2/c1-17-4-2-3(18-8(12,13)14)5(7(9,10)11)16-6(4)15/h2H,1H3. The van der Waals surface area contributed by atoms with E-state index >= 15 is 0 Å². The summed E-state index contributed by atoms with van der Waals surface area (Å²) in [5.74, 6) is -1.70. The van der Waals surface area contributed by atoms with Gasteiger partial charge in [0.05, 0.1) is 7.11 Å². The van der Waals surface area contributed by atoms with E-state index in [4.69, 9.17) is 0 Å². The van der Waals surface area contributed by atoms with Gasteiger partial charge >= 0.3 is 12.5 Å². The molecule has 1 aromatic heterocycles. The van der Waals surface area contributed by atoms with Crippen LogP contribution in [0.2, 0.25) is 0 Å². The van der Waals surface area contributed by atoms with Crippen LogP contribution in [0.5, 0.6) is 11.5 Å². The van der Waals surface area contributed by atoms with Gasteiger partial charge in [-0.15, -0.1) is 13.2 Å². The zero-order chi connectivity index (χ0) is 14.1. The molecular formula is C8H4F6INO2. The average molecular weight is 387 g/mol. The molecule has 0 saturated carbocycles. The molecule has 0 fully saturated rings. The largest absolute Gasteiger partial charge is 0.573 e. The van der Waals surface area contributed by atoms with E-state index < -0.39 is 24.0 Å². The highest BCUT2D eigenvalue weighted by atomic mass is 127. The van der Waals surface area contributed by atoms with Gasteiger partial charge in [0.2, 0.25) is 0 Å². The number of halogens is 7. The molecule has 0 spiro atoms. The van der Waals surface area contributed by atoms with Crippen LogP contribution in [0.3, 0.4) is 0 Å². The number of hydrogen-bond donors (Lipinski definition) is 0. The van der Waals surface area contributed by atoms with Crippen LogP contribution in [0.1, 0.15) is 5.69 Å². The van der Waals surface area contributed by atoms with Gasteiger partial charge < -0.3 is 9.47 Å². The summed E-state index contributed by atoms with van der Waals surface area (Å²) in [6.45, 7) is 0. The van der Waals surface area contributed by atoms with Crippen molar-refractivity contribution in [2.75, 3.05) is 7.11 Å². The van der Waals surface area contributed by atoms with Gasteiger partial charge in [0, 0.05) is 6.07 Å². The van der Waals surface area contributed by atoms with E-state index in [1.807, 2.05) is 0 Å². The van der Waals surface area contributed by atoms with E-state index in [0.29, 0.717) is 6.07 Å². The summed E-state index contributed by atoms with van der Waals surface area (Å²) >= 11 is 1.41. The number of alkyl halides is 6. The minimum Gasteiger partial charge on any atom is -0.494 e. The summed E-state index contributed by atoms with van der Waals surface area (Å²) in [6.07, 6.45) is -10.3. The molecule has 0 aromatic carbocycles. The molecule has 0 bridgehead atoms. The van der Waals surface area contributed by atoms with E-state index in [2.05, 4.69) is 14.5 Å². The van der Waals surface area contributed by atoms with Gasteiger partial charge in [-0.05, 0) is 22.6 Å². The number of nitrogens with zero attached hydrogens (tertiary/aromatic N) is 1. The molecule has 0 aliphatic heterocycles. The van der Waals surface area contributed by atoms with Crippen molar-refractivity contribution in [3.05, 3.63) is 15.5 Å². The lowest BCUT2D eigenvalue weighted by Crippen LogP contribution is -2.21. The van der Waals surface area contributed by atoms with Crippen molar-refractivity contribution in [2.24, 2.45) is 0 Å². The molecule has 102 valence electrons. The third kappa shape index (κ3) is 3.78. The van der Waals surface area contributed by atoms with E-state index in [1.54, 1.807) is 0 Å². The first-order chi connectivity index (χ1) is 8.04. The first kappa shape index (κ1) is 15.1. The van der Waals surface area contributed by atoms with E-state index in [1.165, 1.54) is 22.6 Å². The number of pyridine rings is 1. The zero-order valence-corrected chi connectivity index (χ0v) is 10.6. The summed E-state index contributed by atoms with van der Waals surface area (Å²) in [6, 6.07) is 0.491. The summed E-state index contributed by atoms with van der Waals surface area (Å²) in [7, 11) is 1.09. The Kier molecular flexibility index (Phi) is 4.18. The Morgan fingerprint density at radius 1 is 1.11 bits per heavy atom. The Bertz CT molecular complexity index is 444. The second-order valence-corrected chi connectivity index (χ2v) is 3.90. The van der Waals surface area contributed by atoms with Crippen LogP contribution < -0.4 is 9.47 Å². The van der Waals surface area contributed by atoms with Gasteiger partial charge in [-0.1, -0.05) is 0 Å². The Morgan fingerprint density at radius 2 is 1.67 bits per heavy atom. The SMILES string of the molecule is COc1cc(OC(F)(F)F)c(C(F)(F)F)nc1I. The maximum Gasteiger partial charge on any atom is 0.573 e. The lowest BCUT2D eigenvalue weighted by molar-refractivity contribution is -0.276. The molecule has 0 unspecified atom stereocenters. The summed E-state index contributed by atoms with van der Waals surface area (Å²) in [5, 5.41) is 0. The number of rotatable bonds is 2. The first-order valence-corrected chi connectivity index (χ1v) is 5.20. The van der Waals surface area contributed by atoms with Crippen molar-refractivity contribution >= 4 is 22.6 Å². The molecule has 0 aliphatic carbocycles. The van der Waals surface area contributed by atoms with Gasteiger partial charge in [0.1, 0.15) is 3.70 Å². The minimum atomic E-state index is -5.25. The van der Waals surface area contributed by atoms with Crippen LogP contribution in [-0.4, -0.2) is 18.5 Å². The minimum absolute atomic E-state index is 0.225. The van der Waals surface area contributed by atoms with Crippen molar-refractivity contribution in [2.45, 2.75) is 12.5 Å². The van der Waals surface area contributed by atoms with Crippen molar-refractivity contribution in [3.8, 4) is 11.5 Å². The van der Waals surface area contributed by atoms with Crippen molar-refractivity contribution in [1.29, 1.82) is 0 Å². The predicted octanol–water partition coefficient (Wildman–Crippen LogP) is 3.61. The van der Waals surface area contributed by atoms with Gasteiger partial charge in [-0.2, -0.15) is 13.2 Å². The molecule has 18 heavy (non-hydrogen) atoms. The predicted molar refractivity (Wildman–Crippen MR) is 55.2 cm³/mol. The quantitative estimate of drug-likeness (QED) is 0.442. The van der Waals surface area contributed by atoms with Crippen LogP contribution in [0.25, 0.3) is 0 Å². The highest BCUT2D eigenvalue weighted by Gasteiger charge is 2.41. The molecule has 10 heteroatoms. The molecule has 0 amide bonds. The van der Waals surface area contributed by atoms with Crippen LogP contribution in [0, 0.1) is 3.70 Å². The number of methoxy groups -OCH3 is 1. The van der Waals surface area contributed by atoms with E-state index in [0.717, 1.165) is 7.11 Å². The average Bonchev–Trinajstić information content (AvgIpc) is 2.16. The smallest absolute Gasteiger partial charge is 0.494 e. The molecular weight excluding hydrogens is 383 g/mol. The molecule has 0 atom stereocenters. The van der Waals surface area contributed by atoms with Crippen LogP contribution in [0.15, 0.2) is 6.07 Å². The molecule has 1 aromatic rings. The highest BCUT2D eigenvalue weighted by molar-refractivity contribution is 14.1. The highest BCUT2D eigenvalue weighted by Crippen LogP contribution is 2.40. The fraction of sp³-hybridized carbons (Fsp3) is 0.375. The third-order valence-corrected chi connectivity index (χ3v) is 2.40. The van der Waals surface area contributed by atoms with Crippen molar-refractivity contribution < 1.29 is 35.8 Å². The Labute approximate surface area is 110 Å². The number of hydrogen-bond acceptors (Lipinski definition) is 3. The molecule has 0 N–H and O–H groups in total. The maximum atomic E-state index is 12.5. The summed E-state index contributed by atoms with van der Waals surface area (Å²) in [5.41, 5.74) is -1.76. The van der Waals surface area contributed by atoms with Gasteiger partial charge in [-0.25, -0.2) is 4.98 Å². The van der Waals surface area contributed by atoms with E-state index in [-0.39, 0.29) is 9.45 Å². The topological polar surface area (TPSA) is 31.4 Å². The molecule has 0 radical (unpaired) electrons. The second kappa shape index (κ2) is 4.97. The fourth-order valence-electron chi connectivity index (χ4n) is 1.00. The van der Waals surface area contributed by atoms with Crippen LogP contribution in [-0.2, 0) is 6.18 Å². The molecule has 3 nitrogen and oxygen atoms in total. The Hall–Kier alpha value is -0.940. The third-order valence-electron chi connectivity index (χ3n) is 1.62. The monoisotopic (exact) mass is 387 g/mol.